The fourth-order valence-electron chi connectivity index (χ4n) is 0.850. The third-order valence-electron chi connectivity index (χ3n) is 1.52. The Morgan fingerprint density at radius 3 is 2.42 bits per heavy atom. The van der Waals surface area contributed by atoms with Crippen LogP contribution in [0.4, 0.5) is 0 Å². The molecule has 0 N–H and O–H groups in total. The maximum atomic E-state index is 8.65. The fraction of sp³-hybridized carbons (Fsp3) is 0.100. The van der Waals surface area contributed by atoms with Gasteiger partial charge in [0.05, 0.1) is 6.07 Å². The summed E-state index contributed by atoms with van der Waals surface area (Å²) in [6.45, 7) is 1.83. The van der Waals surface area contributed by atoms with Crippen LogP contribution in [0.15, 0.2) is 35.9 Å². The molecule has 0 aliphatic carbocycles. The monoisotopic (exact) mass is 269 g/mol. The summed E-state index contributed by atoms with van der Waals surface area (Å²) < 4.78 is 1.02. The van der Waals surface area contributed by atoms with E-state index < -0.39 is 0 Å². The van der Waals surface area contributed by atoms with E-state index in [2.05, 4.69) is 28.7 Å². The standard InChI is InChI=1S/C10H8IN/c1-8(7-12)10(11)9-5-3-2-4-6-9/h2-6H,1H3/b10-8+. The van der Waals surface area contributed by atoms with Crippen molar-refractivity contribution in [1.82, 2.24) is 0 Å². The molecule has 0 saturated carbocycles. The van der Waals surface area contributed by atoms with Crippen molar-refractivity contribution in [3.05, 3.63) is 41.5 Å². The van der Waals surface area contributed by atoms with E-state index in [4.69, 9.17) is 5.26 Å². The van der Waals surface area contributed by atoms with Crippen molar-refractivity contribution in [3.8, 4) is 6.07 Å². The molecule has 60 valence electrons. The molecule has 0 fully saturated rings. The molecule has 1 aromatic rings. The predicted molar refractivity (Wildman–Crippen MR) is 58.7 cm³/mol. The Labute approximate surface area is 85.9 Å². The van der Waals surface area contributed by atoms with Gasteiger partial charge in [0.25, 0.3) is 0 Å². The first-order valence-electron chi connectivity index (χ1n) is 3.57. The van der Waals surface area contributed by atoms with E-state index in [-0.39, 0.29) is 0 Å². The Bertz CT molecular complexity index is 333. The Morgan fingerprint density at radius 2 is 1.92 bits per heavy atom. The van der Waals surface area contributed by atoms with Gasteiger partial charge < -0.3 is 0 Å². The van der Waals surface area contributed by atoms with Gasteiger partial charge in [-0.05, 0) is 35.1 Å². The Kier molecular flexibility index (Phi) is 3.30. The third-order valence-corrected chi connectivity index (χ3v) is 2.96. The van der Waals surface area contributed by atoms with E-state index in [0.717, 1.165) is 14.7 Å². The molecule has 0 unspecified atom stereocenters. The first-order valence-corrected chi connectivity index (χ1v) is 4.65. The number of nitrogens with zero attached hydrogens (tertiary/aromatic N) is 1. The van der Waals surface area contributed by atoms with Crippen LogP contribution >= 0.6 is 22.6 Å². The first-order chi connectivity index (χ1) is 5.75. The van der Waals surface area contributed by atoms with Gasteiger partial charge in [-0.3, -0.25) is 0 Å². The minimum atomic E-state index is 0.766. The number of halogens is 1. The molecular weight excluding hydrogens is 261 g/mol. The summed E-state index contributed by atoms with van der Waals surface area (Å²) in [4.78, 5) is 0. The van der Waals surface area contributed by atoms with Crippen LogP contribution in [0.25, 0.3) is 3.58 Å². The Balaban J connectivity index is 3.11. The van der Waals surface area contributed by atoms with Gasteiger partial charge in [0, 0.05) is 9.15 Å². The summed E-state index contributed by atoms with van der Waals surface area (Å²) in [5.74, 6) is 0. The van der Waals surface area contributed by atoms with Gasteiger partial charge in [-0.1, -0.05) is 30.3 Å². The van der Waals surface area contributed by atoms with Crippen LogP contribution in [0.2, 0.25) is 0 Å². The van der Waals surface area contributed by atoms with Crippen molar-refractivity contribution in [2.75, 3.05) is 0 Å². The highest BCUT2D eigenvalue weighted by Crippen LogP contribution is 2.24. The Hall–Kier alpha value is -0.820. The molecule has 1 nitrogen and oxygen atoms in total. The number of benzene rings is 1. The van der Waals surface area contributed by atoms with E-state index in [0.29, 0.717) is 0 Å². The van der Waals surface area contributed by atoms with E-state index >= 15 is 0 Å². The molecule has 0 heterocycles. The zero-order valence-electron chi connectivity index (χ0n) is 6.71. The predicted octanol–water partition coefficient (Wildman–Crippen LogP) is 3.38. The molecule has 2 heteroatoms. The van der Waals surface area contributed by atoms with Gasteiger partial charge in [-0.2, -0.15) is 5.26 Å². The van der Waals surface area contributed by atoms with Gasteiger partial charge in [0.2, 0.25) is 0 Å². The molecule has 0 atom stereocenters. The summed E-state index contributed by atoms with van der Waals surface area (Å²) >= 11 is 2.19. The average molecular weight is 269 g/mol. The van der Waals surface area contributed by atoms with E-state index in [9.17, 15) is 0 Å². The van der Waals surface area contributed by atoms with Crippen LogP contribution in [0.1, 0.15) is 12.5 Å². The molecule has 12 heavy (non-hydrogen) atoms. The molecule has 0 aromatic heterocycles. The van der Waals surface area contributed by atoms with Crippen LogP contribution in [0, 0.1) is 11.3 Å². The molecule has 0 aliphatic rings. The average Bonchev–Trinajstić information content (AvgIpc) is 2.17. The fourth-order valence-corrected chi connectivity index (χ4v) is 1.33. The van der Waals surface area contributed by atoms with Crippen molar-refractivity contribution >= 4 is 26.2 Å². The minimum Gasteiger partial charge on any atom is -0.193 e. The third kappa shape index (κ3) is 2.08. The van der Waals surface area contributed by atoms with Gasteiger partial charge in [0.1, 0.15) is 0 Å². The smallest absolute Gasteiger partial charge is 0.0955 e. The maximum absolute atomic E-state index is 8.65. The van der Waals surface area contributed by atoms with Crippen molar-refractivity contribution < 1.29 is 0 Å². The van der Waals surface area contributed by atoms with E-state index in [1.165, 1.54) is 0 Å². The second kappa shape index (κ2) is 4.27. The second-order valence-electron chi connectivity index (χ2n) is 2.42. The largest absolute Gasteiger partial charge is 0.193 e. The summed E-state index contributed by atoms with van der Waals surface area (Å²) in [5, 5.41) is 8.65. The lowest BCUT2D eigenvalue weighted by molar-refractivity contribution is 1.45. The van der Waals surface area contributed by atoms with Crippen LogP contribution in [0.5, 0.6) is 0 Å². The molecular formula is C10H8IN. The summed E-state index contributed by atoms with van der Waals surface area (Å²) in [5.41, 5.74) is 1.87. The van der Waals surface area contributed by atoms with Gasteiger partial charge in [0.15, 0.2) is 0 Å². The summed E-state index contributed by atoms with van der Waals surface area (Å²) in [6.07, 6.45) is 0. The summed E-state index contributed by atoms with van der Waals surface area (Å²) in [7, 11) is 0. The zero-order chi connectivity index (χ0) is 8.97. The maximum Gasteiger partial charge on any atom is 0.0955 e. The molecule has 0 aliphatic heterocycles. The zero-order valence-corrected chi connectivity index (χ0v) is 8.87. The molecule has 0 spiro atoms. The number of nitriles is 1. The first kappa shape index (κ1) is 9.27. The number of allylic oxidation sites excluding steroid dienone is 1. The Morgan fingerprint density at radius 1 is 1.33 bits per heavy atom. The quantitative estimate of drug-likeness (QED) is 0.566. The molecule has 0 radical (unpaired) electrons. The van der Waals surface area contributed by atoms with Crippen molar-refractivity contribution in [2.45, 2.75) is 6.92 Å². The minimum absolute atomic E-state index is 0.766. The van der Waals surface area contributed by atoms with E-state index in [1.807, 2.05) is 37.3 Å². The lowest BCUT2D eigenvalue weighted by atomic mass is 10.1. The van der Waals surface area contributed by atoms with Crippen LogP contribution in [-0.4, -0.2) is 0 Å². The van der Waals surface area contributed by atoms with E-state index in [1.54, 1.807) is 0 Å². The highest BCUT2D eigenvalue weighted by Gasteiger charge is 1.99. The highest BCUT2D eigenvalue weighted by atomic mass is 127. The topological polar surface area (TPSA) is 23.8 Å². The van der Waals surface area contributed by atoms with Crippen LogP contribution in [0.3, 0.4) is 0 Å². The van der Waals surface area contributed by atoms with Crippen molar-refractivity contribution in [2.24, 2.45) is 0 Å². The SMILES string of the molecule is C/C(C#N)=C(\I)c1ccccc1. The second-order valence-corrected chi connectivity index (χ2v) is 3.50. The molecule has 0 amide bonds. The lowest BCUT2D eigenvalue weighted by Crippen LogP contribution is -1.78. The molecule has 0 bridgehead atoms. The molecule has 1 rings (SSSR count). The highest BCUT2D eigenvalue weighted by molar-refractivity contribution is 14.1. The van der Waals surface area contributed by atoms with Crippen LogP contribution < -0.4 is 0 Å². The normalized spacial score (nSPS) is 11.8. The van der Waals surface area contributed by atoms with Crippen molar-refractivity contribution in [3.63, 3.8) is 0 Å². The van der Waals surface area contributed by atoms with Gasteiger partial charge in [-0.15, -0.1) is 0 Å². The number of hydrogen-bond donors (Lipinski definition) is 0. The summed E-state index contributed by atoms with van der Waals surface area (Å²) in [6, 6.07) is 12.0. The van der Waals surface area contributed by atoms with Crippen LogP contribution in [-0.2, 0) is 0 Å². The van der Waals surface area contributed by atoms with Crippen molar-refractivity contribution in [1.29, 1.82) is 5.26 Å². The van der Waals surface area contributed by atoms with Gasteiger partial charge in [-0.25, -0.2) is 0 Å². The van der Waals surface area contributed by atoms with Gasteiger partial charge >= 0.3 is 0 Å². The molecule has 0 saturated heterocycles. The lowest BCUT2D eigenvalue weighted by Gasteiger charge is -1.98. The number of rotatable bonds is 1. The number of hydrogen-bond acceptors (Lipinski definition) is 1. The molecule has 1 aromatic carbocycles.